The molecule has 0 amide bonds. The average Bonchev–Trinajstić information content (AvgIpc) is 3.05. The number of aromatic nitrogens is 3. The van der Waals surface area contributed by atoms with Crippen molar-refractivity contribution in [1.29, 1.82) is 0 Å². The Morgan fingerprint density at radius 1 is 1.10 bits per heavy atom. The molecule has 0 unspecified atom stereocenters. The number of pyridine rings is 1. The molecule has 148 valence electrons. The van der Waals surface area contributed by atoms with Gasteiger partial charge in [0.2, 0.25) is 5.56 Å². The van der Waals surface area contributed by atoms with Crippen molar-refractivity contribution in [2.24, 2.45) is 5.41 Å². The largest absolute Gasteiger partial charge is 0.325 e. The predicted molar refractivity (Wildman–Crippen MR) is 106 cm³/mol. The molecule has 29 heavy (non-hydrogen) atoms. The zero-order chi connectivity index (χ0) is 20.6. The lowest BCUT2D eigenvalue weighted by molar-refractivity contribution is 0.241. The number of halogens is 2. The fourth-order valence-electron chi connectivity index (χ4n) is 5.73. The van der Waals surface area contributed by atoms with Gasteiger partial charge in [-0.25, -0.2) is 8.78 Å². The lowest BCUT2D eigenvalue weighted by Crippen LogP contribution is -2.39. The van der Waals surface area contributed by atoms with Gasteiger partial charge in [-0.3, -0.25) is 4.79 Å². The number of hydrogen-bond acceptors (Lipinski definition) is 3. The zero-order valence-electron chi connectivity index (χ0n) is 16.5. The summed E-state index contributed by atoms with van der Waals surface area (Å²) >= 11 is 0. The van der Waals surface area contributed by atoms with Gasteiger partial charge in [0.1, 0.15) is 11.6 Å². The van der Waals surface area contributed by atoms with Crippen LogP contribution in [0.3, 0.4) is 0 Å². The highest BCUT2D eigenvalue weighted by Gasteiger charge is 2.65. The first-order valence-electron chi connectivity index (χ1n) is 9.80. The molecule has 1 N–H and O–H groups in total. The van der Waals surface area contributed by atoms with Crippen LogP contribution in [0.5, 0.6) is 0 Å². The molecule has 2 atom stereocenters. The molecule has 2 aliphatic carbocycles. The van der Waals surface area contributed by atoms with Crippen molar-refractivity contribution in [3.8, 4) is 11.3 Å². The lowest BCUT2D eigenvalue weighted by Gasteiger charge is -2.38. The molecule has 2 heterocycles. The fraction of sp³-hybridized carbons (Fsp3) is 0.348. The number of rotatable bonds is 2. The summed E-state index contributed by atoms with van der Waals surface area (Å²) in [5.41, 5.74) is 2.86. The predicted octanol–water partition coefficient (Wildman–Crippen LogP) is 4.62. The number of nitrogens with zero attached hydrogens (tertiary/aromatic N) is 2. The van der Waals surface area contributed by atoms with Gasteiger partial charge >= 0.3 is 0 Å². The molecule has 4 nitrogen and oxygen atoms in total. The molecule has 1 saturated carbocycles. The van der Waals surface area contributed by atoms with E-state index in [9.17, 15) is 13.6 Å². The second kappa shape index (κ2) is 5.81. The molecule has 0 radical (unpaired) electrons. The first-order chi connectivity index (χ1) is 13.8. The third-order valence-corrected chi connectivity index (χ3v) is 7.16. The number of benzene rings is 1. The van der Waals surface area contributed by atoms with Gasteiger partial charge < -0.3 is 4.98 Å². The Labute approximate surface area is 167 Å². The van der Waals surface area contributed by atoms with Crippen LogP contribution in [-0.2, 0) is 5.41 Å². The van der Waals surface area contributed by atoms with E-state index in [2.05, 4.69) is 29.0 Å². The zero-order valence-corrected chi connectivity index (χ0v) is 16.5. The molecule has 1 fully saturated rings. The van der Waals surface area contributed by atoms with E-state index in [-0.39, 0.29) is 28.1 Å². The van der Waals surface area contributed by atoms with E-state index in [1.807, 2.05) is 13.0 Å². The maximum Gasteiger partial charge on any atom is 0.248 e. The van der Waals surface area contributed by atoms with E-state index < -0.39 is 17.0 Å². The van der Waals surface area contributed by atoms with Crippen LogP contribution < -0.4 is 5.56 Å². The number of H-pyrrole nitrogens is 1. The Morgan fingerprint density at radius 3 is 2.55 bits per heavy atom. The molecular weight excluding hydrogens is 372 g/mol. The maximum atomic E-state index is 14.3. The summed E-state index contributed by atoms with van der Waals surface area (Å²) in [6, 6.07) is 8.93. The first kappa shape index (κ1) is 18.2. The smallest absolute Gasteiger partial charge is 0.248 e. The minimum Gasteiger partial charge on any atom is -0.325 e. The van der Waals surface area contributed by atoms with Gasteiger partial charge in [-0.05, 0) is 60.4 Å². The fourth-order valence-corrected chi connectivity index (χ4v) is 5.73. The second-order valence-electron chi connectivity index (χ2n) is 8.73. The SMILES string of the molecule is Cc1ccc(=O)[nH]c1[C@@]12CC[C@@H](c3cc(-c4c(F)cccc4F)nnc31)C2(C)C. The summed E-state index contributed by atoms with van der Waals surface area (Å²) < 4.78 is 28.6. The van der Waals surface area contributed by atoms with Crippen molar-refractivity contribution in [2.75, 3.05) is 0 Å². The number of fused-ring (bicyclic) bond motifs is 5. The van der Waals surface area contributed by atoms with Crippen molar-refractivity contribution in [3.63, 3.8) is 0 Å². The number of hydrogen-bond donors (Lipinski definition) is 1. The van der Waals surface area contributed by atoms with Crippen LogP contribution in [-0.4, -0.2) is 15.2 Å². The molecule has 3 aromatic rings. The molecule has 5 rings (SSSR count). The Kier molecular flexibility index (Phi) is 3.64. The molecular formula is C23H21F2N3O. The number of aromatic amines is 1. The minimum absolute atomic E-state index is 0.148. The summed E-state index contributed by atoms with van der Waals surface area (Å²) in [6.45, 7) is 6.35. The lowest BCUT2D eigenvalue weighted by atomic mass is 9.65. The third-order valence-electron chi connectivity index (χ3n) is 7.16. The van der Waals surface area contributed by atoms with Crippen LogP contribution >= 0.6 is 0 Å². The third kappa shape index (κ3) is 2.20. The Balaban J connectivity index is 1.77. The monoisotopic (exact) mass is 393 g/mol. The highest BCUT2D eigenvalue weighted by molar-refractivity contribution is 5.64. The van der Waals surface area contributed by atoms with E-state index in [4.69, 9.17) is 0 Å². The van der Waals surface area contributed by atoms with Crippen LogP contribution in [0.1, 0.15) is 55.1 Å². The van der Waals surface area contributed by atoms with E-state index >= 15 is 0 Å². The molecule has 2 aromatic heterocycles. The summed E-state index contributed by atoms with van der Waals surface area (Å²) in [4.78, 5) is 15.2. The highest BCUT2D eigenvalue weighted by Crippen LogP contribution is 2.69. The van der Waals surface area contributed by atoms with Gasteiger partial charge in [-0.2, -0.15) is 5.10 Å². The normalized spacial score (nSPS) is 24.0. The Bertz CT molecular complexity index is 1200. The molecule has 0 saturated heterocycles. The number of nitrogens with one attached hydrogen (secondary N) is 1. The Morgan fingerprint density at radius 2 is 1.83 bits per heavy atom. The van der Waals surface area contributed by atoms with Crippen LogP contribution in [0.15, 0.2) is 41.2 Å². The van der Waals surface area contributed by atoms with E-state index in [0.29, 0.717) is 0 Å². The van der Waals surface area contributed by atoms with Crippen molar-refractivity contribution < 1.29 is 8.78 Å². The van der Waals surface area contributed by atoms with Crippen molar-refractivity contribution in [3.05, 3.63) is 80.9 Å². The topological polar surface area (TPSA) is 58.6 Å². The van der Waals surface area contributed by atoms with Crippen molar-refractivity contribution in [2.45, 2.75) is 44.9 Å². The van der Waals surface area contributed by atoms with Crippen LogP contribution in [0.2, 0.25) is 0 Å². The molecule has 2 aliphatic rings. The van der Waals surface area contributed by atoms with E-state index in [0.717, 1.165) is 35.4 Å². The highest BCUT2D eigenvalue weighted by atomic mass is 19.1. The standard InChI is InChI=1S/C23H21F2N3O/c1-12-7-8-18(29)26-20(12)23-10-9-14(22(23,2)3)13-11-17(27-28-21(13)23)19-15(24)5-4-6-16(19)25/h4-8,11,14H,9-10H2,1-3H3,(H,26,29)/t14-,23-/m0/s1. The molecule has 0 aliphatic heterocycles. The summed E-state index contributed by atoms with van der Waals surface area (Å²) in [5.74, 6) is -1.14. The summed E-state index contributed by atoms with van der Waals surface area (Å²) in [6.07, 6.45) is 1.77. The molecule has 0 spiro atoms. The van der Waals surface area contributed by atoms with Gasteiger partial charge in [0.15, 0.2) is 0 Å². The molecule has 1 aromatic carbocycles. The Hall–Kier alpha value is -2.89. The quantitative estimate of drug-likeness (QED) is 0.691. The second-order valence-corrected chi connectivity index (χ2v) is 8.73. The minimum atomic E-state index is -0.653. The van der Waals surface area contributed by atoms with Crippen LogP contribution in [0, 0.1) is 24.0 Å². The molecule has 2 bridgehead atoms. The van der Waals surface area contributed by atoms with Crippen LogP contribution in [0.4, 0.5) is 8.78 Å². The van der Waals surface area contributed by atoms with Gasteiger partial charge in [-0.1, -0.05) is 26.0 Å². The van der Waals surface area contributed by atoms with E-state index in [1.54, 1.807) is 6.07 Å². The van der Waals surface area contributed by atoms with E-state index in [1.165, 1.54) is 24.3 Å². The first-order valence-corrected chi connectivity index (χ1v) is 9.80. The summed E-state index contributed by atoms with van der Waals surface area (Å²) in [7, 11) is 0. The summed E-state index contributed by atoms with van der Waals surface area (Å²) in [5, 5.41) is 8.74. The van der Waals surface area contributed by atoms with Crippen molar-refractivity contribution in [1.82, 2.24) is 15.2 Å². The van der Waals surface area contributed by atoms with Gasteiger partial charge in [0, 0.05) is 11.8 Å². The average molecular weight is 393 g/mol. The van der Waals surface area contributed by atoms with Gasteiger partial charge in [0.25, 0.3) is 0 Å². The van der Waals surface area contributed by atoms with Crippen LogP contribution in [0.25, 0.3) is 11.3 Å². The van der Waals surface area contributed by atoms with Gasteiger partial charge in [0.05, 0.1) is 22.4 Å². The van der Waals surface area contributed by atoms with Gasteiger partial charge in [-0.15, -0.1) is 5.10 Å². The number of aryl methyl sites for hydroxylation is 1. The van der Waals surface area contributed by atoms with Crippen molar-refractivity contribution >= 4 is 0 Å². The molecule has 6 heteroatoms. The maximum absolute atomic E-state index is 14.3.